The Morgan fingerprint density at radius 3 is 2.53 bits per heavy atom. The van der Waals surface area contributed by atoms with Crippen LogP contribution in [-0.4, -0.2) is 33.7 Å². The van der Waals surface area contributed by atoms with Gasteiger partial charge >= 0.3 is 5.97 Å². The zero-order valence-electron chi connectivity index (χ0n) is 9.75. The summed E-state index contributed by atoms with van der Waals surface area (Å²) in [5.74, 6) is 0.191. The molecule has 0 spiro atoms. The second-order valence-corrected chi connectivity index (χ2v) is 7.00. The lowest BCUT2D eigenvalue weighted by atomic mass is 10.2. The average molecular weight is 231 g/mol. The molecule has 0 amide bonds. The number of carboxylic acid groups (broad SMARTS) is 1. The van der Waals surface area contributed by atoms with Crippen molar-refractivity contribution in [2.24, 2.45) is 0 Å². The largest absolute Gasteiger partial charge is 0.480 e. The zero-order chi connectivity index (χ0) is 11.5. The van der Waals surface area contributed by atoms with Crippen molar-refractivity contribution in [2.45, 2.75) is 56.9 Å². The maximum Gasteiger partial charge on any atom is 0.320 e. The predicted molar refractivity (Wildman–Crippen MR) is 64.4 cm³/mol. The van der Waals surface area contributed by atoms with E-state index in [2.05, 4.69) is 26.1 Å². The summed E-state index contributed by atoms with van der Waals surface area (Å²) in [7, 11) is 0. The predicted octanol–water partition coefficient (Wildman–Crippen LogP) is 2.11. The third kappa shape index (κ3) is 6.05. The molecule has 1 atom stereocenters. The molecule has 1 rings (SSSR count). The number of thioether (sulfide) groups is 1. The first-order valence-corrected chi connectivity index (χ1v) is 6.50. The summed E-state index contributed by atoms with van der Waals surface area (Å²) in [5.41, 5.74) is 0. The van der Waals surface area contributed by atoms with Crippen LogP contribution in [0.3, 0.4) is 0 Å². The van der Waals surface area contributed by atoms with Gasteiger partial charge in [-0.1, -0.05) is 20.8 Å². The van der Waals surface area contributed by atoms with E-state index in [1.54, 1.807) is 0 Å². The van der Waals surface area contributed by atoms with E-state index < -0.39 is 5.97 Å². The van der Waals surface area contributed by atoms with Crippen LogP contribution in [0.15, 0.2) is 0 Å². The van der Waals surface area contributed by atoms with E-state index in [1.165, 1.54) is 0 Å². The van der Waals surface area contributed by atoms with Crippen LogP contribution in [0.4, 0.5) is 0 Å². The first kappa shape index (κ1) is 12.8. The molecule has 1 unspecified atom stereocenters. The maximum absolute atomic E-state index is 10.9. The van der Waals surface area contributed by atoms with Crippen molar-refractivity contribution in [3.05, 3.63) is 0 Å². The van der Waals surface area contributed by atoms with Gasteiger partial charge in [0.2, 0.25) is 0 Å². The van der Waals surface area contributed by atoms with Crippen LogP contribution in [-0.2, 0) is 4.79 Å². The smallest absolute Gasteiger partial charge is 0.320 e. The lowest BCUT2D eigenvalue weighted by molar-refractivity contribution is -0.139. The Morgan fingerprint density at radius 1 is 1.53 bits per heavy atom. The Balaban J connectivity index is 2.22. The highest BCUT2D eigenvalue weighted by atomic mass is 32.2. The van der Waals surface area contributed by atoms with Gasteiger partial charge in [0.25, 0.3) is 0 Å². The standard InChI is InChI=1S/C11H21NO2S/c1-11(2,3)15-7-6-9(10(13)14)12-8-4-5-8/h8-9,12H,4-7H2,1-3H3,(H,13,14). The minimum absolute atomic E-state index is 0.225. The molecule has 1 fully saturated rings. The summed E-state index contributed by atoms with van der Waals surface area (Å²) in [6, 6.07) is 0.109. The first-order valence-electron chi connectivity index (χ1n) is 5.51. The van der Waals surface area contributed by atoms with Gasteiger partial charge in [-0.3, -0.25) is 4.79 Å². The summed E-state index contributed by atoms with van der Waals surface area (Å²) in [6.45, 7) is 6.46. The third-order valence-electron chi connectivity index (χ3n) is 2.25. The Labute approximate surface area is 96.0 Å². The van der Waals surface area contributed by atoms with Gasteiger partial charge < -0.3 is 10.4 Å². The fourth-order valence-corrected chi connectivity index (χ4v) is 2.26. The molecule has 0 heterocycles. The van der Waals surface area contributed by atoms with Crippen LogP contribution in [0.5, 0.6) is 0 Å². The number of carboxylic acids is 1. The van der Waals surface area contributed by atoms with Crippen molar-refractivity contribution < 1.29 is 9.90 Å². The highest BCUT2D eigenvalue weighted by Crippen LogP contribution is 2.25. The van der Waals surface area contributed by atoms with Crippen molar-refractivity contribution in [3.63, 3.8) is 0 Å². The molecule has 88 valence electrons. The number of nitrogens with one attached hydrogen (secondary N) is 1. The molecule has 1 aliphatic carbocycles. The summed E-state index contributed by atoms with van der Waals surface area (Å²) >= 11 is 1.82. The number of aliphatic carboxylic acids is 1. The van der Waals surface area contributed by atoms with Gasteiger partial charge in [0.05, 0.1) is 0 Å². The van der Waals surface area contributed by atoms with Crippen LogP contribution in [0.25, 0.3) is 0 Å². The van der Waals surface area contributed by atoms with E-state index in [1.807, 2.05) is 11.8 Å². The molecule has 1 saturated carbocycles. The molecule has 1 aliphatic rings. The summed E-state index contributed by atoms with van der Waals surface area (Å²) in [6.07, 6.45) is 2.99. The SMILES string of the molecule is CC(C)(C)SCCC(NC1CC1)C(=O)O. The van der Waals surface area contributed by atoms with Crippen molar-refractivity contribution in [1.82, 2.24) is 5.32 Å². The van der Waals surface area contributed by atoms with Gasteiger partial charge in [0.15, 0.2) is 0 Å². The fourth-order valence-electron chi connectivity index (χ4n) is 1.30. The molecule has 0 radical (unpaired) electrons. The molecule has 0 aromatic heterocycles. The van der Waals surface area contributed by atoms with E-state index >= 15 is 0 Å². The minimum atomic E-state index is -0.712. The molecule has 15 heavy (non-hydrogen) atoms. The van der Waals surface area contributed by atoms with Crippen LogP contribution in [0.1, 0.15) is 40.0 Å². The lowest BCUT2D eigenvalue weighted by Crippen LogP contribution is -2.38. The van der Waals surface area contributed by atoms with Crippen LogP contribution >= 0.6 is 11.8 Å². The number of rotatable bonds is 6. The molecular formula is C11H21NO2S. The Bertz CT molecular complexity index is 221. The molecule has 0 aromatic rings. The normalized spacial score (nSPS) is 18.9. The molecule has 3 nitrogen and oxygen atoms in total. The third-order valence-corrected chi connectivity index (χ3v) is 3.56. The van der Waals surface area contributed by atoms with Crippen molar-refractivity contribution in [3.8, 4) is 0 Å². The van der Waals surface area contributed by atoms with Gasteiger partial charge in [-0.2, -0.15) is 11.8 Å². The van der Waals surface area contributed by atoms with E-state index in [0.29, 0.717) is 12.5 Å². The zero-order valence-corrected chi connectivity index (χ0v) is 10.6. The number of hydrogen-bond acceptors (Lipinski definition) is 3. The summed E-state index contributed by atoms with van der Waals surface area (Å²) in [5, 5.41) is 12.2. The van der Waals surface area contributed by atoms with Crippen molar-refractivity contribution in [1.29, 1.82) is 0 Å². The molecular weight excluding hydrogens is 210 g/mol. The minimum Gasteiger partial charge on any atom is -0.480 e. The fraction of sp³-hybridized carbons (Fsp3) is 0.909. The molecule has 0 aliphatic heterocycles. The molecule has 0 aromatic carbocycles. The second-order valence-electron chi connectivity index (χ2n) is 5.08. The van der Waals surface area contributed by atoms with E-state index in [9.17, 15) is 4.79 Å². The summed E-state index contributed by atoms with van der Waals surface area (Å²) < 4.78 is 0.225. The topological polar surface area (TPSA) is 49.3 Å². The Morgan fingerprint density at radius 2 is 2.13 bits per heavy atom. The average Bonchev–Trinajstić information content (AvgIpc) is 2.83. The highest BCUT2D eigenvalue weighted by Gasteiger charge is 2.28. The van der Waals surface area contributed by atoms with Gasteiger partial charge in [-0.05, 0) is 25.0 Å². The number of hydrogen-bond donors (Lipinski definition) is 2. The molecule has 0 saturated heterocycles. The van der Waals surface area contributed by atoms with Crippen LogP contribution in [0.2, 0.25) is 0 Å². The maximum atomic E-state index is 10.9. The van der Waals surface area contributed by atoms with E-state index in [0.717, 1.165) is 18.6 Å². The van der Waals surface area contributed by atoms with Gasteiger partial charge in [0.1, 0.15) is 6.04 Å². The van der Waals surface area contributed by atoms with Crippen molar-refractivity contribution in [2.75, 3.05) is 5.75 Å². The lowest BCUT2D eigenvalue weighted by Gasteiger charge is -2.19. The highest BCUT2D eigenvalue weighted by molar-refractivity contribution is 8.00. The molecule has 4 heteroatoms. The summed E-state index contributed by atoms with van der Waals surface area (Å²) in [4.78, 5) is 10.9. The van der Waals surface area contributed by atoms with Gasteiger partial charge in [-0.15, -0.1) is 0 Å². The first-order chi connectivity index (χ1) is 6.88. The Kier molecular flexibility index (Phi) is 4.46. The number of carbonyl (C=O) groups is 1. The van der Waals surface area contributed by atoms with Crippen molar-refractivity contribution >= 4 is 17.7 Å². The monoisotopic (exact) mass is 231 g/mol. The van der Waals surface area contributed by atoms with E-state index in [-0.39, 0.29) is 10.8 Å². The van der Waals surface area contributed by atoms with E-state index in [4.69, 9.17) is 5.11 Å². The molecule has 2 N–H and O–H groups in total. The van der Waals surface area contributed by atoms with Crippen LogP contribution < -0.4 is 5.32 Å². The molecule has 0 bridgehead atoms. The second kappa shape index (κ2) is 5.21. The van der Waals surface area contributed by atoms with Gasteiger partial charge in [0, 0.05) is 10.8 Å². The Hall–Kier alpha value is -0.220. The van der Waals surface area contributed by atoms with Gasteiger partial charge in [-0.25, -0.2) is 0 Å². The quantitative estimate of drug-likeness (QED) is 0.735. The van der Waals surface area contributed by atoms with Crippen LogP contribution in [0, 0.1) is 0 Å².